The third kappa shape index (κ3) is 6.58. The maximum absolute atomic E-state index is 12.1. The zero-order valence-corrected chi connectivity index (χ0v) is 15.6. The molecule has 0 aromatic heterocycles. The van der Waals surface area contributed by atoms with Crippen molar-refractivity contribution >= 4 is 36.4 Å². The van der Waals surface area contributed by atoms with Crippen molar-refractivity contribution in [3.63, 3.8) is 0 Å². The molecule has 2 N–H and O–H groups in total. The summed E-state index contributed by atoms with van der Waals surface area (Å²) in [6, 6.07) is 8.40. The van der Waals surface area contributed by atoms with Crippen molar-refractivity contribution in [2.45, 2.75) is 26.7 Å². The Morgan fingerprint density at radius 3 is 2.70 bits per heavy atom. The fraction of sp³-hybridized carbons (Fsp3) is 0.588. The van der Waals surface area contributed by atoms with E-state index in [-0.39, 0.29) is 36.6 Å². The van der Waals surface area contributed by atoms with Gasteiger partial charge in [-0.2, -0.15) is 0 Å². The van der Waals surface area contributed by atoms with Crippen molar-refractivity contribution in [3.8, 4) is 0 Å². The minimum Gasteiger partial charge on any atom is -0.370 e. The molecule has 23 heavy (non-hydrogen) atoms. The van der Waals surface area contributed by atoms with Gasteiger partial charge < -0.3 is 15.5 Å². The van der Waals surface area contributed by atoms with Gasteiger partial charge in [-0.15, -0.1) is 24.8 Å². The predicted octanol–water partition coefficient (Wildman–Crippen LogP) is 2.78. The number of rotatable bonds is 6. The van der Waals surface area contributed by atoms with Gasteiger partial charge in [0.1, 0.15) is 0 Å². The summed E-state index contributed by atoms with van der Waals surface area (Å²) in [7, 11) is 0. The van der Waals surface area contributed by atoms with Crippen LogP contribution in [-0.4, -0.2) is 38.6 Å². The lowest BCUT2D eigenvalue weighted by molar-refractivity contribution is -0.125. The highest BCUT2D eigenvalue weighted by molar-refractivity contribution is 5.85. The van der Waals surface area contributed by atoms with E-state index in [1.54, 1.807) is 0 Å². The average Bonchev–Trinajstić information content (AvgIpc) is 2.53. The smallest absolute Gasteiger partial charge is 0.224 e. The number of nitrogens with one attached hydrogen (secondary N) is 2. The number of anilines is 1. The molecule has 4 nitrogen and oxygen atoms in total. The van der Waals surface area contributed by atoms with Gasteiger partial charge in [0, 0.05) is 31.9 Å². The maximum Gasteiger partial charge on any atom is 0.224 e. The van der Waals surface area contributed by atoms with E-state index in [1.807, 2.05) is 0 Å². The number of aryl methyl sites for hydroxylation is 1. The van der Waals surface area contributed by atoms with Crippen LogP contribution in [0.25, 0.3) is 0 Å². The van der Waals surface area contributed by atoms with E-state index in [2.05, 4.69) is 53.6 Å². The molecule has 0 bridgehead atoms. The van der Waals surface area contributed by atoms with Crippen molar-refractivity contribution in [1.82, 2.24) is 10.6 Å². The summed E-state index contributed by atoms with van der Waals surface area (Å²) < 4.78 is 0. The molecule has 1 unspecified atom stereocenters. The molecular formula is C17H29Cl2N3O. The van der Waals surface area contributed by atoms with Crippen LogP contribution in [0.4, 0.5) is 5.69 Å². The molecule has 2 rings (SSSR count). The molecule has 1 saturated heterocycles. The molecule has 6 heteroatoms. The molecule has 1 aliphatic rings. The van der Waals surface area contributed by atoms with Crippen LogP contribution in [0.5, 0.6) is 0 Å². The number of amides is 1. The Balaban J connectivity index is 0.00000242. The average molecular weight is 362 g/mol. The Morgan fingerprint density at radius 2 is 2.09 bits per heavy atom. The van der Waals surface area contributed by atoms with Gasteiger partial charge >= 0.3 is 0 Å². The predicted molar refractivity (Wildman–Crippen MR) is 102 cm³/mol. The molecule has 1 heterocycles. The normalized spacial score (nSPS) is 16.7. The quantitative estimate of drug-likeness (QED) is 0.818. The van der Waals surface area contributed by atoms with Crippen LogP contribution in [0.15, 0.2) is 24.3 Å². The van der Waals surface area contributed by atoms with E-state index in [0.29, 0.717) is 6.54 Å². The summed E-state index contributed by atoms with van der Waals surface area (Å²) in [5.41, 5.74) is 2.54. The summed E-state index contributed by atoms with van der Waals surface area (Å²) in [6.45, 7) is 8.65. The molecule has 0 spiro atoms. The molecule has 0 aliphatic carbocycles. The summed E-state index contributed by atoms with van der Waals surface area (Å²) in [5.74, 6) is 0.343. The zero-order valence-electron chi connectivity index (χ0n) is 14.0. The molecule has 132 valence electrons. The fourth-order valence-corrected chi connectivity index (χ4v) is 2.90. The molecular weight excluding hydrogens is 333 g/mol. The Bertz CT molecular complexity index is 465. The first-order valence-corrected chi connectivity index (χ1v) is 8.01. The SMILES string of the molecule is CCN(CCNC(=O)C1CCCNC1)c1ccccc1C.Cl.Cl. The lowest BCUT2D eigenvalue weighted by atomic mass is 9.99. The monoisotopic (exact) mass is 361 g/mol. The fourth-order valence-electron chi connectivity index (χ4n) is 2.90. The number of nitrogens with zero attached hydrogens (tertiary/aromatic N) is 1. The minimum absolute atomic E-state index is 0. The molecule has 0 saturated carbocycles. The van der Waals surface area contributed by atoms with Gasteiger partial charge in [-0.05, 0) is 44.9 Å². The van der Waals surface area contributed by atoms with Crippen LogP contribution in [0.3, 0.4) is 0 Å². The van der Waals surface area contributed by atoms with Crippen molar-refractivity contribution < 1.29 is 4.79 Å². The van der Waals surface area contributed by atoms with Gasteiger partial charge in [0.15, 0.2) is 0 Å². The molecule has 0 radical (unpaired) electrons. The zero-order chi connectivity index (χ0) is 15.1. The first-order chi connectivity index (χ1) is 10.2. The molecule has 1 fully saturated rings. The topological polar surface area (TPSA) is 44.4 Å². The van der Waals surface area contributed by atoms with E-state index >= 15 is 0 Å². The van der Waals surface area contributed by atoms with E-state index in [0.717, 1.165) is 39.0 Å². The van der Waals surface area contributed by atoms with E-state index in [4.69, 9.17) is 0 Å². The number of benzene rings is 1. The van der Waals surface area contributed by atoms with E-state index in [1.165, 1.54) is 11.3 Å². The van der Waals surface area contributed by atoms with Crippen LogP contribution in [0, 0.1) is 12.8 Å². The Morgan fingerprint density at radius 1 is 1.35 bits per heavy atom. The number of piperidine rings is 1. The molecule has 1 amide bonds. The highest BCUT2D eigenvalue weighted by Gasteiger charge is 2.20. The van der Waals surface area contributed by atoms with Crippen LogP contribution >= 0.6 is 24.8 Å². The molecule has 1 aromatic rings. The van der Waals surface area contributed by atoms with Crippen molar-refractivity contribution in [1.29, 1.82) is 0 Å². The van der Waals surface area contributed by atoms with Crippen LogP contribution < -0.4 is 15.5 Å². The number of para-hydroxylation sites is 1. The second-order valence-electron chi connectivity index (χ2n) is 5.70. The molecule has 1 aliphatic heterocycles. The van der Waals surface area contributed by atoms with Gasteiger partial charge in [-0.3, -0.25) is 4.79 Å². The van der Waals surface area contributed by atoms with Gasteiger partial charge in [-0.1, -0.05) is 18.2 Å². The first-order valence-electron chi connectivity index (χ1n) is 8.01. The van der Waals surface area contributed by atoms with E-state index < -0.39 is 0 Å². The Hall–Kier alpha value is -0.970. The van der Waals surface area contributed by atoms with Crippen molar-refractivity contribution in [3.05, 3.63) is 29.8 Å². The Labute approximate surface area is 152 Å². The van der Waals surface area contributed by atoms with Gasteiger partial charge in [0.05, 0.1) is 5.92 Å². The van der Waals surface area contributed by atoms with E-state index in [9.17, 15) is 4.79 Å². The third-order valence-corrected chi connectivity index (χ3v) is 4.19. The van der Waals surface area contributed by atoms with Crippen molar-refractivity contribution in [2.24, 2.45) is 5.92 Å². The molecule has 1 atom stereocenters. The highest BCUT2D eigenvalue weighted by Crippen LogP contribution is 2.18. The lowest BCUT2D eigenvalue weighted by Crippen LogP contribution is -2.43. The Kier molecular flexibility index (Phi) is 11.1. The summed E-state index contributed by atoms with van der Waals surface area (Å²) in [6.07, 6.45) is 2.11. The second-order valence-corrected chi connectivity index (χ2v) is 5.70. The third-order valence-electron chi connectivity index (χ3n) is 4.19. The first kappa shape index (κ1) is 22.0. The lowest BCUT2D eigenvalue weighted by Gasteiger charge is -2.26. The maximum atomic E-state index is 12.1. The van der Waals surface area contributed by atoms with Gasteiger partial charge in [0.2, 0.25) is 5.91 Å². The highest BCUT2D eigenvalue weighted by atomic mass is 35.5. The summed E-state index contributed by atoms with van der Waals surface area (Å²) in [5, 5.41) is 6.37. The number of hydrogen-bond donors (Lipinski definition) is 2. The number of halogens is 2. The van der Waals surface area contributed by atoms with Crippen LogP contribution in [0.1, 0.15) is 25.3 Å². The van der Waals surface area contributed by atoms with Gasteiger partial charge in [-0.25, -0.2) is 0 Å². The van der Waals surface area contributed by atoms with Crippen molar-refractivity contribution in [2.75, 3.05) is 37.6 Å². The van der Waals surface area contributed by atoms with Crippen LogP contribution in [0.2, 0.25) is 0 Å². The second kappa shape index (κ2) is 11.5. The number of carbonyl (C=O) groups is 1. The van der Waals surface area contributed by atoms with Crippen LogP contribution in [-0.2, 0) is 4.79 Å². The number of hydrogen-bond acceptors (Lipinski definition) is 3. The molecule has 1 aromatic carbocycles. The number of carbonyl (C=O) groups excluding carboxylic acids is 1. The summed E-state index contributed by atoms with van der Waals surface area (Å²) >= 11 is 0. The number of likely N-dealkylation sites (N-methyl/N-ethyl adjacent to an activating group) is 1. The largest absolute Gasteiger partial charge is 0.370 e. The standard InChI is InChI=1S/C17H27N3O.2ClH/c1-3-20(16-9-5-4-7-14(16)2)12-11-19-17(21)15-8-6-10-18-13-15;;/h4-5,7,9,15,18H,3,6,8,10-13H2,1-2H3,(H,19,21);2*1H. The minimum atomic E-state index is 0. The van der Waals surface area contributed by atoms with Gasteiger partial charge in [0.25, 0.3) is 0 Å². The summed E-state index contributed by atoms with van der Waals surface area (Å²) in [4.78, 5) is 14.4.